The molecule has 1 fully saturated rings. The monoisotopic (exact) mass is 434 g/mol. The van der Waals surface area contributed by atoms with Gasteiger partial charge in [-0.15, -0.1) is 0 Å². The molecule has 1 spiro atoms. The van der Waals surface area contributed by atoms with Crippen LogP contribution in [0.4, 0.5) is 5.69 Å². The molecule has 1 aromatic heterocycles. The SMILES string of the molecule is CN(C)Cc1cccc(/C=C/c2n[nH]c3cc(C4CC45C(=O)Nc4ccccc45)ccc23)c1. The van der Waals surface area contributed by atoms with Gasteiger partial charge in [0.25, 0.3) is 0 Å². The van der Waals surface area contributed by atoms with E-state index in [1.165, 1.54) is 11.1 Å². The Hall–Kier alpha value is -3.70. The van der Waals surface area contributed by atoms with Gasteiger partial charge < -0.3 is 10.2 Å². The Labute approximate surface area is 193 Å². The summed E-state index contributed by atoms with van der Waals surface area (Å²) in [6.07, 6.45) is 5.02. The van der Waals surface area contributed by atoms with Gasteiger partial charge in [0, 0.05) is 23.5 Å². The third-order valence-electron chi connectivity index (χ3n) is 6.92. The second-order valence-electron chi connectivity index (χ2n) is 9.46. The van der Waals surface area contributed by atoms with Crippen molar-refractivity contribution in [1.29, 1.82) is 0 Å². The number of nitrogens with one attached hydrogen (secondary N) is 2. The van der Waals surface area contributed by atoms with Crippen LogP contribution in [0.2, 0.25) is 0 Å². The van der Waals surface area contributed by atoms with Crippen molar-refractivity contribution in [3.63, 3.8) is 0 Å². The van der Waals surface area contributed by atoms with Crippen molar-refractivity contribution in [2.75, 3.05) is 19.4 Å². The maximum absolute atomic E-state index is 12.8. The van der Waals surface area contributed by atoms with Gasteiger partial charge in [0.05, 0.1) is 16.6 Å². The van der Waals surface area contributed by atoms with Crippen LogP contribution >= 0.6 is 0 Å². The molecule has 2 unspecified atom stereocenters. The predicted octanol–water partition coefficient (Wildman–Crippen LogP) is 5.17. The zero-order chi connectivity index (χ0) is 22.6. The second kappa shape index (κ2) is 7.42. The predicted molar refractivity (Wildman–Crippen MR) is 133 cm³/mol. The van der Waals surface area contributed by atoms with Crippen molar-refractivity contribution >= 4 is 34.6 Å². The molecule has 1 saturated carbocycles. The molecule has 5 heteroatoms. The van der Waals surface area contributed by atoms with Gasteiger partial charge >= 0.3 is 0 Å². The van der Waals surface area contributed by atoms with E-state index in [2.05, 4.69) is 95.2 Å². The Balaban J connectivity index is 1.26. The molecule has 0 radical (unpaired) electrons. The molecule has 2 atom stereocenters. The summed E-state index contributed by atoms with van der Waals surface area (Å²) in [7, 11) is 4.15. The molecular weight excluding hydrogens is 408 g/mol. The first-order valence-corrected chi connectivity index (χ1v) is 11.4. The summed E-state index contributed by atoms with van der Waals surface area (Å²) in [5.41, 5.74) is 7.23. The first-order valence-electron chi connectivity index (χ1n) is 11.4. The highest BCUT2D eigenvalue weighted by atomic mass is 16.2. The lowest BCUT2D eigenvalue weighted by Gasteiger charge is -2.09. The highest BCUT2D eigenvalue weighted by molar-refractivity contribution is 6.09. The number of benzene rings is 3. The largest absolute Gasteiger partial charge is 0.325 e. The molecule has 5 nitrogen and oxygen atoms in total. The van der Waals surface area contributed by atoms with E-state index >= 15 is 0 Å². The molecule has 6 rings (SSSR count). The number of para-hydroxylation sites is 1. The number of hydrogen-bond donors (Lipinski definition) is 2. The molecular formula is C28H26N4O. The lowest BCUT2D eigenvalue weighted by atomic mass is 9.92. The lowest BCUT2D eigenvalue weighted by molar-refractivity contribution is -0.118. The zero-order valence-electron chi connectivity index (χ0n) is 18.8. The molecule has 1 amide bonds. The minimum absolute atomic E-state index is 0.124. The summed E-state index contributed by atoms with van der Waals surface area (Å²) in [5, 5.41) is 11.9. The molecule has 1 aliphatic carbocycles. The Morgan fingerprint density at radius 2 is 1.94 bits per heavy atom. The van der Waals surface area contributed by atoms with Crippen molar-refractivity contribution < 1.29 is 4.79 Å². The fourth-order valence-electron chi connectivity index (χ4n) is 5.29. The van der Waals surface area contributed by atoms with Crippen LogP contribution in [-0.4, -0.2) is 35.1 Å². The van der Waals surface area contributed by atoms with Crippen LogP contribution < -0.4 is 5.32 Å². The topological polar surface area (TPSA) is 61.0 Å². The van der Waals surface area contributed by atoms with E-state index in [0.717, 1.165) is 46.4 Å². The Morgan fingerprint density at radius 1 is 1.06 bits per heavy atom. The summed E-state index contributed by atoms with van der Waals surface area (Å²) in [4.78, 5) is 15.0. The zero-order valence-corrected chi connectivity index (χ0v) is 18.8. The number of H-pyrrole nitrogens is 1. The van der Waals surface area contributed by atoms with Gasteiger partial charge in [0.2, 0.25) is 5.91 Å². The molecule has 2 heterocycles. The van der Waals surface area contributed by atoms with Crippen LogP contribution in [0.25, 0.3) is 23.1 Å². The average molecular weight is 435 g/mol. The van der Waals surface area contributed by atoms with Gasteiger partial charge in [-0.1, -0.05) is 60.7 Å². The maximum atomic E-state index is 12.8. The summed E-state index contributed by atoms with van der Waals surface area (Å²) in [6, 6.07) is 23.1. The number of anilines is 1. The molecule has 2 N–H and O–H groups in total. The standard InChI is InChI=1S/C28H26N4O/c1-32(2)17-19-7-5-6-18(14-19)10-13-24-21-12-11-20(15-26(21)31-30-24)23-16-28(23)22-8-3-4-9-25(22)29-27(28)33/h3-15,23H,16-17H2,1-2H3,(H,29,33)(H,30,31)/b13-10+. The van der Waals surface area contributed by atoms with Gasteiger partial charge in [-0.3, -0.25) is 9.89 Å². The summed E-state index contributed by atoms with van der Waals surface area (Å²) < 4.78 is 0. The van der Waals surface area contributed by atoms with Gasteiger partial charge in [-0.05, 0) is 61.0 Å². The van der Waals surface area contributed by atoms with Crippen molar-refractivity contribution in [2.24, 2.45) is 0 Å². The van der Waals surface area contributed by atoms with E-state index in [-0.39, 0.29) is 11.8 Å². The number of hydrogen-bond acceptors (Lipinski definition) is 3. The number of aromatic amines is 1. The minimum atomic E-state index is -0.412. The fourth-order valence-corrected chi connectivity index (χ4v) is 5.29. The number of carbonyl (C=O) groups excluding carboxylic acids is 1. The Bertz CT molecular complexity index is 1420. The fraction of sp³-hybridized carbons (Fsp3) is 0.214. The van der Waals surface area contributed by atoms with E-state index in [1.807, 2.05) is 18.2 Å². The third kappa shape index (κ3) is 3.28. The van der Waals surface area contributed by atoms with E-state index in [9.17, 15) is 4.79 Å². The minimum Gasteiger partial charge on any atom is -0.325 e. The smallest absolute Gasteiger partial charge is 0.235 e. The average Bonchev–Trinajstić information content (AvgIpc) is 3.34. The normalized spacial score (nSPS) is 21.3. The second-order valence-corrected chi connectivity index (χ2v) is 9.46. The number of aromatic nitrogens is 2. The van der Waals surface area contributed by atoms with E-state index in [0.29, 0.717) is 0 Å². The molecule has 1 aliphatic heterocycles. The summed E-state index contributed by atoms with van der Waals surface area (Å²) in [6.45, 7) is 0.918. The molecule has 164 valence electrons. The van der Waals surface area contributed by atoms with Crippen LogP contribution in [0.5, 0.6) is 0 Å². The summed E-state index contributed by atoms with van der Waals surface area (Å²) >= 11 is 0. The number of amides is 1. The van der Waals surface area contributed by atoms with Crippen LogP contribution in [-0.2, 0) is 16.8 Å². The molecule has 0 bridgehead atoms. The van der Waals surface area contributed by atoms with E-state index < -0.39 is 5.41 Å². The van der Waals surface area contributed by atoms with Crippen LogP contribution in [0, 0.1) is 0 Å². The van der Waals surface area contributed by atoms with Gasteiger partial charge in [-0.25, -0.2) is 0 Å². The molecule has 33 heavy (non-hydrogen) atoms. The van der Waals surface area contributed by atoms with Crippen molar-refractivity contribution in [3.8, 4) is 0 Å². The first-order chi connectivity index (χ1) is 16.0. The molecule has 2 aliphatic rings. The quantitative estimate of drug-likeness (QED) is 0.455. The van der Waals surface area contributed by atoms with E-state index in [1.54, 1.807) is 0 Å². The number of nitrogens with zero attached hydrogens (tertiary/aromatic N) is 2. The lowest BCUT2D eigenvalue weighted by Crippen LogP contribution is -2.20. The van der Waals surface area contributed by atoms with Gasteiger partial charge in [0.15, 0.2) is 0 Å². The van der Waals surface area contributed by atoms with Crippen LogP contribution in [0.1, 0.15) is 40.3 Å². The number of rotatable bonds is 5. The third-order valence-corrected chi connectivity index (χ3v) is 6.92. The molecule has 4 aromatic rings. The highest BCUT2D eigenvalue weighted by Crippen LogP contribution is 2.64. The van der Waals surface area contributed by atoms with Crippen molar-refractivity contribution in [3.05, 3.63) is 94.7 Å². The van der Waals surface area contributed by atoms with Crippen LogP contribution in [0.15, 0.2) is 66.7 Å². The van der Waals surface area contributed by atoms with Crippen molar-refractivity contribution in [1.82, 2.24) is 15.1 Å². The van der Waals surface area contributed by atoms with Gasteiger partial charge in [-0.2, -0.15) is 5.10 Å². The number of carbonyl (C=O) groups is 1. The maximum Gasteiger partial charge on any atom is 0.235 e. The Kier molecular flexibility index (Phi) is 4.49. The van der Waals surface area contributed by atoms with Crippen LogP contribution in [0.3, 0.4) is 0 Å². The molecule has 0 saturated heterocycles. The van der Waals surface area contributed by atoms with Gasteiger partial charge in [0.1, 0.15) is 0 Å². The van der Waals surface area contributed by atoms with Crippen molar-refractivity contribution in [2.45, 2.75) is 24.3 Å². The summed E-state index contributed by atoms with van der Waals surface area (Å²) in [5.74, 6) is 0.325. The van der Waals surface area contributed by atoms with E-state index in [4.69, 9.17) is 0 Å². The first kappa shape index (κ1) is 19.9. The molecule has 3 aromatic carbocycles. The number of fused-ring (bicyclic) bond motifs is 3. The Morgan fingerprint density at radius 3 is 2.82 bits per heavy atom. The highest BCUT2D eigenvalue weighted by Gasteiger charge is 2.65.